The topological polar surface area (TPSA) is 73.1 Å². The monoisotopic (exact) mass is 511 g/mol. The lowest BCUT2D eigenvalue weighted by Crippen LogP contribution is -2.36. The first-order valence-electron chi connectivity index (χ1n) is 12.1. The lowest BCUT2D eigenvalue weighted by Gasteiger charge is -2.27. The van der Waals surface area contributed by atoms with Crippen LogP contribution in [0.2, 0.25) is 0 Å². The van der Waals surface area contributed by atoms with Crippen LogP contribution >= 0.6 is 0 Å². The lowest BCUT2D eigenvalue weighted by molar-refractivity contribution is 0.0732. The van der Waals surface area contributed by atoms with Gasteiger partial charge in [-0.2, -0.15) is 0 Å². The zero-order valence-corrected chi connectivity index (χ0v) is 20.8. The summed E-state index contributed by atoms with van der Waals surface area (Å²) in [5.41, 5.74) is 5.95. The van der Waals surface area contributed by atoms with Gasteiger partial charge in [0.15, 0.2) is 0 Å². The van der Waals surface area contributed by atoms with Crippen LogP contribution < -0.4 is 4.74 Å². The van der Waals surface area contributed by atoms with Gasteiger partial charge in [-0.3, -0.25) is 9.48 Å². The van der Waals surface area contributed by atoms with E-state index in [9.17, 15) is 13.6 Å². The zero-order valence-electron chi connectivity index (χ0n) is 20.8. The third-order valence-electron chi connectivity index (χ3n) is 6.83. The molecule has 38 heavy (non-hydrogen) atoms. The zero-order chi connectivity index (χ0) is 26.4. The average Bonchev–Trinajstić information content (AvgIpc) is 3.27. The van der Waals surface area contributed by atoms with Crippen molar-refractivity contribution in [2.45, 2.75) is 13.0 Å². The first-order valence-corrected chi connectivity index (χ1v) is 12.1. The summed E-state index contributed by atoms with van der Waals surface area (Å²) < 4.78 is 34.5. The number of ether oxygens (including phenoxy) is 1. The molecule has 0 atom stereocenters. The van der Waals surface area contributed by atoms with Crippen molar-refractivity contribution < 1.29 is 18.3 Å². The van der Waals surface area contributed by atoms with Gasteiger partial charge in [0.2, 0.25) is 5.88 Å². The molecular weight excluding hydrogens is 488 g/mol. The summed E-state index contributed by atoms with van der Waals surface area (Å²) in [6, 6.07) is 17.2. The highest BCUT2D eigenvalue weighted by Gasteiger charge is 2.28. The molecule has 3 heterocycles. The van der Waals surface area contributed by atoms with Crippen LogP contribution in [0.1, 0.15) is 21.6 Å². The average molecular weight is 512 g/mol. The Bertz CT molecular complexity index is 1680. The standard InChI is InChI=1S/C29H23F2N5O2/c1-35-25-13-14-36(16-22(25)28(34-35)38-2)29(37)19-7-12-23-24(15-19)33-27(18-5-10-21(31)11-6-18)26(32-23)17-3-8-20(30)9-4-17/h3-12,15H,13-14,16H2,1-2H3. The summed E-state index contributed by atoms with van der Waals surface area (Å²) in [7, 11) is 3.45. The number of aromatic nitrogens is 4. The van der Waals surface area contributed by atoms with Crippen molar-refractivity contribution in [1.82, 2.24) is 24.6 Å². The Balaban J connectivity index is 1.40. The Morgan fingerprint density at radius 3 is 2.08 bits per heavy atom. The van der Waals surface area contributed by atoms with E-state index in [2.05, 4.69) is 5.10 Å². The maximum atomic E-state index is 13.7. The number of amides is 1. The van der Waals surface area contributed by atoms with Gasteiger partial charge in [0.25, 0.3) is 5.91 Å². The summed E-state index contributed by atoms with van der Waals surface area (Å²) in [5, 5.41) is 4.39. The number of carbonyl (C=O) groups is 1. The summed E-state index contributed by atoms with van der Waals surface area (Å²) in [4.78, 5) is 24.9. The number of hydrogen-bond donors (Lipinski definition) is 0. The largest absolute Gasteiger partial charge is 0.480 e. The Kier molecular flexibility index (Phi) is 5.83. The molecule has 0 N–H and O–H groups in total. The van der Waals surface area contributed by atoms with E-state index < -0.39 is 0 Å². The molecule has 0 saturated heterocycles. The fraction of sp³-hybridized carbons (Fsp3) is 0.172. The third kappa shape index (κ3) is 4.15. The number of methoxy groups -OCH3 is 1. The third-order valence-corrected chi connectivity index (χ3v) is 6.83. The molecule has 6 rings (SSSR count). The number of fused-ring (bicyclic) bond motifs is 2. The van der Waals surface area contributed by atoms with Gasteiger partial charge in [0, 0.05) is 42.4 Å². The molecule has 0 saturated carbocycles. The Morgan fingerprint density at radius 2 is 1.47 bits per heavy atom. The van der Waals surface area contributed by atoms with Crippen LogP contribution in [0.5, 0.6) is 5.88 Å². The molecule has 1 aliphatic heterocycles. The highest BCUT2D eigenvalue weighted by atomic mass is 19.1. The molecule has 0 radical (unpaired) electrons. The minimum absolute atomic E-state index is 0.129. The van der Waals surface area contributed by atoms with Crippen molar-refractivity contribution in [2.75, 3.05) is 13.7 Å². The van der Waals surface area contributed by atoms with E-state index in [0.717, 1.165) is 11.3 Å². The van der Waals surface area contributed by atoms with Crippen LogP contribution in [-0.2, 0) is 20.0 Å². The van der Waals surface area contributed by atoms with Crippen molar-refractivity contribution in [2.24, 2.45) is 7.05 Å². The lowest BCUT2D eigenvalue weighted by atomic mass is 10.0. The van der Waals surface area contributed by atoms with Crippen molar-refractivity contribution >= 4 is 16.9 Å². The van der Waals surface area contributed by atoms with Gasteiger partial charge >= 0.3 is 0 Å². The molecule has 1 aliphatic rings. The van der Waals surface area contributed by atoms with Crippen LogP contribution in [0.25, 0.3) is 33.5 Å². The van der Waals surface area contributed by atoms with Gasteiger partial charge in [-0.25, -0.2) is 18.7 Å². The SMILES string of the molecule is COc1nn(C)c2c1CN(C(=O)c1ccc3nc(-c4ccc(F)cc4)c(-c4ccc(F)cc4)nc3c1)CC2. The van der Waals surface area contributed by atoms with E-state index in [1.54, 1.807) is 59.2 Å². The second kappa shape index (κ2) is 9.33. The second-order valence-corrected chi connectivity index (χ2v) is 9.17. The van der Waals surface area contributed by atoms with E-state index in [1.165, 1.54) is 24.3 Å². The Hall–Kier alpha value is -4.66. The quantitative estimate of drug-likeness (QED) is 0.332. The molecule has 0 aliphatic carbocycles. The Labute approximate surface area is 217 Å². The molecule has 0 spiro atoms. The smallest absolute Gasteiger partial charge is 0.254 e. The van der Waals surface area contributed by atoms with Gasteiger partial charge in [-0.05, 0) is 66.7 Å². The fourth-order valence-electron chi connectivity index (χ4n) is 4.88. The van der Waals surface area contributed by atoms with E-state index in [0.29, 0.717) is 64.5 Å². The highest BCUT2D eigenvalue weighted by Crippen LogP contribution is 2.32. The first-order chi connectivity index (χ1) is 18.4. The number of nitrogens with zero attached hydrogens (tertiary/aromatic N) is 5. The number of hydrogen-bond acceptors (Lipinski definition) is 5. The molecular formula is C29H23F2N5O2. The molecule has 3 aromatic carbocycles. The first kappa shape index (κ1) is 23.7. The van der Waals surface area contributed by atoms with E-state index >= 15 is 0 Å². The van der Waals surface area contributed by atoms with Crippen molar-refractivity contribution in [3.05, 3.63) is 95.2 Å². The minimum Gasteiger partial charge on any atom is -0.480 e. The second-order valence-electron chi connectivity index (χ2n) is 9.17. The Morgan fingerprint density at radius 1 is 0.868 bits per heavy atom. The maximum absolute atomic E-state index is 13.7. The minimum atomic E-state index is -0.367. The molecule has 0 unspecified atom stereocenters. The maximum Gasteiger partial charge on any atom is 0.254 e. The molecule has 190 valence electrons. The molecule has 9 heteroatoms. The molecule has 0 bridgehead atoms. The normalized spacial score (nSPS) is 13.0. The van der Waals surface area contributed by atoms with E-state index in [1.807, 2.05) is 7.05 Å². The highest BCUT2D eigenvalue weighted by molar-refractivity contribution is 5.98. The molecule has 1 amide bonds. The number of carbonyl (C=O) groups excluding carboxylic acids is 1. The summed E-state index contributed by atoms with van der Waals surface area (Å²) in [6.45, 7) is 0.960. The molecule has 0 fully saturated rings. The summed E-state index contributed by atoms with van der Waals surface area (Å²) in [6.07, 6.45) is 0.678. The van der Waals surface area contributed by atoms with Crippen molar-refractivity contribution in [1.29, 1.82) is 0 Å². The van der Waals surface area contributed by atoms with Crippen LogP contribution in [0.15, 0.2) is 66.7 Å². The van der Waals surface area contributed by atoms with Crippen LogP contribution in [0, 0.1) is 11.6 Å². The molecule has 2 aromatic heterocycles. The van der Waals surface area contributed by atoms with Gasteiger partial charge in [0.05, 0.1) is 41.6 Å². The number of benzene rings is 3. The summed E-state index contributed by atoms with van der Waals surface area (Å²) >= 11 is 0. The van der Waals surface area contributed by atoms with Crippen molar-refractivity contribution in [3.63, 3.8) is 0 Å². The molecule has 7 nitrogen and oxygen atoms in total. The number of rotatable bonds is 4. The molecule has 5 aromatic rings. The van der Waals surface area contributed by atoms with Gasteiger partial charge < -0.3 is 9.64 Å². The van der Waals surface area contributed by atoms with Gasteiger partial charge in [-0.1, -0.05) is 0 Å². The van der Waals surface area contributed by atoms with E-state index in [-0.39, 0.29) is 17.5 Å². The predicted molar refractivity (Wildman–Crippen MR) is 139 cm³/mol. The summed E-state index contributed by atoms with van der Waals surface area (Å²) in [5.74, 6) is -0.325. The number of aryl methyl sites for hydroxylation is 1. The van der Waals surface area contributed by atoms with Crippen LogP contribution in [-0.4, -0.2) is 44.2 Å². The van der Waals surface area contributed by atoms with Gasteiger partial charge in [-0.15, -0.1) is 5.10 Å². The van der Waals surface area contributed by atoms with Gasteiger partial charge in [0.1, 0.15) is 11.6 Å². The van der Waals surface area contributed by atoms with Crippen molar-refractivity contribution in [3.8, 4) is 28.4 Å². The van der Waals surface area contributed by atoms with Crippen LogP contribution in [0.4, 0.5) is 8.78 Å². The fourth-order valence-corrected chi connectivity index (χ4v) is 4.88. The predicted octanol–water partition coefficient (Wildman–Crippen LogP) is 5.18. The van der Waals surface area contributed by atoms with E-state index in [4.69, 9.17) is 14.7 Å². The number of halogens is 2. The van der Waals surface area contributed by atoms with Crippen LogP contribution in [0.3, 0.4) is 0 Å².